The van der Waals surface area contributed by atoms with E-state index in [-0.39, 0.29) is 22.7 Å². The van der Waals surface area contributed by atoms with Gasteiger partial charge in [-0.1, -0.05) is 65.8 Å². The maximum atomic E-state index is 14.1. The molecule has 2 saturated carbocycles. The molecule has 0 saturated heterocycles. The monoisotopic (exact) mass is 645 g/mol. The maximum absolute atomic E-state index is 14.1. The number of rotatable bonds is 0. The Hall–Kier alpha value is -3.98. The summed E-state index contributed by atoms with van der Waals surface area (Å²) in [6, 6.07) is 21.0. The van der Waals surface area contributed by atoms with E-state index in [2.05, 4.69) is 86.7 Å². The zero-order valence-corrected chi connectivity index (χ0v) is 29.9. The number of hydrogen-bond acceptors (Lipinski definition) is 2. The zero-order chi connectivity index (χ0) is 33.7. The lowest BCUT2D eigenvalue weighted by atomic mass is 9.54. The number of nitrogens with zero attached hydrogens (tertiary/aromatic N) is 1. The first kappa shape index (κ1) is 29.9. The fraction of sp³-hybridized carbons (Fsp3) is 0.435. The minimum absolute atomic E-state index is 0.0936. The van der Waals surface area contributed by atoms with Crippen molar-refractivity contribution in [3.8, 4) is 11.1 Å². The second kappa shape index (κ2) is 9.83. The Morgan fingerprint density at radius 2 is 1.06 bits per heavy atom. The van der Waals surface area contributed by atoms with Crippen LogP contribution in [0, 0.1) is 11.8 Å². The van der Waals surface area contributed by atoms with E-state index in [4.69, 9.17) is 0 Å². The third kappa shape index (κ3) is 3.55. The molecule has 0 unspecified atom stereocenters. The lowest BCUT2D eigenvalue weighted by molar-refractivity contribution is 0.0891. The van der Waals surface area contributed by atoms with Gasteiger partial charge in [-0.05, 0) is 132 Å². The Kier molecular flexibility index (Phi) is 6.00. The summed E-state index contributed by atoms with van der Waals surface area (Å²) in [5.74, 6) is 1.94. The Morgan fingerprint density at radius 1 is 0.551 bits per heavy atom. The van der Waals surface area contributed by atoms with Gasteiger partial charge >= 0.3 is 0 Å². The van der Waals surface area contributed by atoms with Crippen molar-refractivity contribution in [1.29, 1.82) is 0 Å². The predicted molar refractivity (Wildman–Crippen MR) is 202 cm³/mol. The number of aromatic nitrogens is 1. The summed E-state index contributed by atoms with van der Waals surface area (Å²) in [5, 5.41) is 5.18. The number of ketones is 2. The van der Waals surface area contributed by atoms with E-state index >= 15 is 0 Å². The highest BCUT2D eigenvalue weighted by Crippen LogP contribution is 2.59. The van der Waals surface area contributed by atoms with Gasteiger partial charge in [0.05, 0.1) is 16.6 Å². The Balaban J connectivity index is 0.00000150. The molecule has 7 aliphatic rings. The van der Waals surface area contributed by atoms with Gasteiger partial charge in [0.15, 0.2) is 11.6 Å². The van der Waals surface area contributed by atoms with Gasteiger partial charge in [0.25, 0.3) is 0 Å². The quantitative estimate of drug-likeness (QED) is 0.165. The second-order valence-electron chi connectivity index (χ2n) is 16.9. The molecule has 3 nitrogen and oxygen atoms in total. The standard InChI is InChI=1S/C44H41NO2.C2H6/c1-43(2)35-8-6-5-7-26(35)30-19-31-29-17-27-22-9-13-24(14-10-22)41(46)32(27)20-36(29)45-37-21-33-28(23-11-15-25(16-12-23)42(33)47)18-34(37)38(40(31)45)39(30)44(43,3)4;1-2/h5-8,17-25H,9-16H2,1-4H3;1-2H3. The van der Waals surface area contributed by atoms with Crippen molar-refractivity contribution in [2.24, 2.45) is 11.8 Å². The van der Waals surface area contributed by atoms with E-state index in [1.54, 1.807) is 0 Å². The van der Waals surface area contributed by atoms with E-state index in [1.807, 2.05) is 13.8 Å². The van der Waals surface area contributed by atoms with Crippen LogP contribution in [0.25, 0.3) is 49.2 Å². The highest BCUT2D eigenvalue weighted by molar-refractivity contribution is 6.27. The number of Topliss-reactive ketones (excluding diaryl/α,β-unsaturated/α-hetero) is 2. The molecule has 0 spiro atoms. The maximum Gasteiger partial charge on any atom is 0.166 e. The van der Waals surface area contributed by atoms with Crippen LogP contribution in [0.4, 0.5) is 0 Å². The number of hydrogen-bond donors (Lipinski definition) is 0. The van der Waals surface area contributed by atoms with Gasteiger partial charge in [-0.15, -0.1) is 0 Å². The van der Waals surface area contributed by atoms with Crippen LogP contribution in [0.2, 0.25) is 0 Å². The summed E-state index contributed by atoms with van der Waals surface area (Å²) < 4.78 is 2.47. The van der Waals surface area contributed by atoms with Crippen molar-refractivity contribution >= 4 is 49.7 Å². The van der Waals surface area contributed by atoms with Gasteiger partial charge in [-0.25, -0.2) is 0 Å². The van der Waals surface area contributed by atoms with E-state index in [9.17, 15) is 9.59 Å². The van der Waals surface area contributed by atoms with E-state index in [0.29, 0.717) is 23.4 Å². The molecular weight excluding hydrogens is 599 g/mol. The third-order valence-electron chi connectivity index (χ3n) is 14.6. The van der Waals surface area contributed by atoms with Crippen LogP contribution in [-0.4, -0.2) is 16.0 Å². The van der Waals surface area contributed by atoms with Gasteiger partial charge in [0, 0.05) is 49.9 Å². The van der Waals surface area contributed by atoms with Crippen LogP contribution in [0.3, 0.4) is 0 Å². The summed E-state index contributed by atoms with van der Waals surface area (Å²) in [6.45, 7) is 13.7. The highest BCUT2D eigenvalue weighted by atomic mass is 16.1. The average molecular weight is 646 g/mol. The van der Waals surface area contributed by atoms with Crippen LogP contribution < -0.4 is 0 Å². The summed E-state index contributed by atoms with van der Waals surface area (Å²) in [4.78, 5) is 28.1. The molecule has 2 fully saturated rings. The molecule has 248 valence electrons. The largest absolute Gasteiger partial charge is 0.308 e. The third-order valence-corrected chi connectivity index (χ3v) is 14.6. The first-order chi connectivity index (χ1) is 23.6. The number of benzene rings is 4. The number of carbonyl (C=O) groups is 2. The van der Waals surface area contributed by atoms with Gasteiger partial charge in [0.2, 0.25) is 0 Å². The van der Waals surface area contributed by atoms with Crippen molar-refractivity contribution in [2.45, 2.75) is 116 Å². The summed E-state index contributed by atoms with van der Waals surface area (Å²) >= 11 is 0. The molecule has 7 aliphatic carbocycles. The van der Waals surface area contributed by atoms with Gasteiger partial charge in [-0.2, -0.15) is 0 Å². The van der Waals surface area contributed by atoms with Crippen molar-refractivity contribution in [2.75, 3.05) is 0 Å². The summed E-state index contributed by atoms with van der Waals surface area (Å²) in [6.07, 6.45) is 8.52. The predicted octanol–water partition coefficient (Wildman–Crippen LogP) is 12.0. The Bertz CT molecular complexity index is 2420. The molecule has 0 radical (unpaired) electrons. The fourth-order valence-corrected chi connectivity index (χ4v) is 11.4. The van der Waals surface area contributed by atoms with Gasteiger partial charge in [0.1, 0.15) is 0 Å². The topological polar surface area (TPSA) is 38.5 Å². The van der Waals surface area contributed by atoms with Crippen molar-refractivity contribution in [1.82, 2.24) is 4.40 Å². The molecule has 4 bridgehead atoms. The minimum atomic E-state index is -0.156. The first-order valence-corrected chi connectivity index (χ1v) is 19.2. The molecule has 0 N–H and O–H groups in total. The lowest BCUT2D eigenvalue weighted by Crippen LogP contribution is -2.43. The SMILES string of the molecule is CC.CC1(C)c2ccccc2-c2cc3c4cc5c(cc4n4c6cc7c(cc6c(c2C1(C)C)c34)C1CCC(CC1)C7=O)C(=O)C1CCC5CC1. The Morgan fingerprint density at radius 3 is 1.65 bits per heavy atom. The minimum Gasteiger partial charge on any atom is -0.308 e. The summed E-state index contributed by atoms with van der Waals surface area (Å²) in [7, 11) is 0. The van der Waals surface area contributed by atoms with Crippen LogP contribution in [0.5, 0.6) is 0 Å². The lowest BCUT2D eigenvalue weighted by Gasteiger charge is -2.48. The fourth-order valence-electron chi connectivity index (χ4n) is 11.4. The van der Waals surface area contributed by atoms with Crippen molar-refractivity contribution in [3.63, 3.8) is 0 Å². The average Bonchev–Trinajstić information content (AvgIpc) is 3.44. The van der Waals surface area contributed by atoms with Crippen LogP contribution in [0.15, 0.2) is 54.6 Å². The molecular formula is C46H47NO2. The molecule has 2 heterocycles. The smallest absolute Gasteiger partial charge is 0.166 e. The highest BCUT2D eigenvalue weighted by Gasteiger charge is 2.48. The summed E-state index contributed by atoms with van der Waals surface area (Å²) in [5.41, 5.74) is 13.3. The van der Waals surface area contributed by atoms with Crippen LogP contribution >= 0.6 is 0 Å². The van der Waals surface area contributed by atoms with Crippen LogP contribution in [0.1, 0.15) is 148 Å². The molecule has 2 aromatic heterocycles. The molecule has 4 aromatic carbocycles. The molecule has 0 aliphatic heterocycles. The molecule has 13 rings (SSSR count). The molecule has 49 heavy (non-hydrogen) atoms. The number of carbonyl (C=O) groups excluding carboxylic acids is 2. The zero-order valence-electron chi connectivity index (χ0n) is 29.9. The second-order valence-corrected chi connectivity index (χ2v) is 16.9. The van der Waals surface area contributed by atoms with E-state index in [1.165, 1.54) is 60.4 Å². The number of fused-ring (bicyclic) bond motifs is 14. The van der Waals surface area contributed by atoms with E-state index in [0.717, 1.165) is 73.5 Å². The van der Waals surface area contributed by atoms with E-state index < -0.39 is 0 Å². The molecule has 0 amide bonds. The molecule has 6 aromatic rings. The van der Waals surface area contributed by atoms with Crippen molar-refractivity contribution < 1.29 is 9.59 Å². The first-order valence-electron chi connectivity index (χ1n) is 19.2. The molecule has 0 atom stereocenters. The molecule has 3 heteroatoms. The normalized spacial score (nSPS) is 25.9. The van der Waals surface area contributed by atoms with Gasteiger partial charge in [-0.3, -0.25) is 9.59 Å². The Labute approximate surface area is 289 Å². The van der Waals surface area contributed by atoms with Crippen molar-refractivity contribution in [3.05, 3.63) is 88.0 Å². The van der Waals surface area contributed by atoms with Gasteiger partial charge < -0.3 is 4.40 Å². The van der Waals surface area contributed by atoms with Crippen LogP contribution in [-0.2, 0) is 10.8 Å².